The van der Waals surface area contributed by atoms with Gasteiger partial charge in [0.15, 0.2) is 0 Å². The maximum absolute atomic E-state index is 5.76. The molecule has 1 aliphatic heterocycles. The Balaban J connectivity index is 1.79. The van der Waals surface area contributed by atoms with Crippen LogP contribution in [0.2, 0.25) is 0 Å². The summed E-state index contributed by atoms with van der Waals surface area (Å²) in [6, 6.07) is 17.5. The van der Waals surface area contributed by atoms with Crippen molar-refractivity contribution in [3.63, 3.8) is 0 Å². The van der Waals surface area contributed by atoms with E-state index >= 15 is 0 Å². The van der Waals surface area contributed by atoms with Crippen molar-refractivity contribution in [3.05, 3.63) is 65.2 Å². The Morgan fingerprint density at radius 2 is 1.85 bits per heavy atom. The Labute approximate surface area is 120 Å². The van der Waals surface area contributed by atoms with Gasteiger partial charge in [0.05, 0.1) is 6.10 Å². The van der Waals surface area contributed by atoms with E-state index in [0.29, 0.717) is 6.04 Å². The Hall–Kier alpha value is -1.80. The molecule has 1 aliphatic rings. The summed E-state index contributed by atoms with van der Waals surface area (Å²) in [4.78, 5) is 0. The van der Waals surface area contributed by atoms with Crippen LogP contribution in [0, 0.1) is 0 Å². The summed E-state index contributed by atoms with van der Waals surface area (Å²) in [5.74, 6) is 0.971. The number of hydrogen-bond acceptors (Lipinski definition) is 2. The van der Waals surface area contributed by atoms with E-state index in [1.165, 1.54) is 16.7 Å². The number of hydrogen-bond donors (Lipinski definition) is 1. The number of ether oxygens (including phenoxy) is 1. The average molecular weight is 267 g/mol. The van der Waals surface area contributed by atoms with E-state index in [0.717, 1.165) is 18.7 Å². The van der Waals surface area contributed by atoms with Crippen LogP contribution >= 0.6 is 0 Å². The minimum Gasteiger partial charge on any atom is -0.491 e. The first kappa shape index (κ1) is 13.2. The maximum Gasteiger partial charge on any atom is 0.120 e. The maximum atomic E-state index is 5.76. The molecule has 0 spiro atoms. The predicted octanol–water partition coefficient (Wildman–Crippen LogP) is 3.86. The average Bonchev–Trinajstić information content (AvgIpc) is 2.47. The molecule has 104 valence electrons. The summed E-state index contributed by atoms with van der Waals surface area (Å²) in [5.41, 5.74) is 4.14. The molecule has 1 heterocycles. The van der Waals surface area contributed by atoms with Crippen molar-refractivity contribution in [3.8, 4) is 5.75 Å². The van der Waals surface area contributed by atoms with Crippen molar-refractivity contribution in [2.45, 2.75) is 39.0 Å². The predicted molar refractivity (Wildman–Crippen MR) is 81.9 cm³/mol. The molecular weight excluding hydrogens is 246 g/mol. The molecule has 20 heavy (non-hydrogen) atoms. The summed E-state index contributed by atoms with van der Waals surface area (Å²) in [5, 5.41) is 3.62. The highest BCUT2D eigenvalue weighted by molar-refractivity contribution is 5.39. The topological polar surface area (TPSA) is 21.3 Å². The Morgan fingerprint density at radius 3 is 2.60 bits per heavy atom. The van der Waals surface area contributed by atoms with Crippen LogP contribution in [0.4, 0.5) is 0 Å². The number of fused-ring (bicyclic) bond motifs is 1. The molecule has 2 aromatic rings. The van der Waals surface area contributed by atoms with Gasteiger partial charge >= 0.3 is 0 Å². The van der Waals surface area contributed by atoms with Gasteiger partial charge in [-0.1, -0.05) is 36.4 Å². The van der Waals surface area contributed by atoms with E-state index in [9.17, 15) is 0 Å². The monoisotopic (exact) mass is 267 g/mol. The van der Waals surface area contributed by atoms with Crippen molar-refractivity contribution < 1.29 is 4.74 Å². The second-order valence-corrected chi connectivity index (χ2v) is 5.65. The molecular formula is C18H21NO. The second kappa shape index (κ2) is 5.68. The van der Waals surface area contributed by atoms with Crippen molar-refractivity contribution in [2.24, 2.45) is 0 Å². The Morgan fingerprint density at radius 1 is 1.05 bits per heavy atom. The van der Waals surface area contributed by atoms with E-state index in [1.54, 1.807) is 0 Å². The van der Waals surface area contributed by atoms with Gasteiger partial charge in [-0.2, -0.15) is 0 Å². The molecule has 0 saturated heterocycles. The molecule has 1 N–H and O–H groups in total. The molecule has 0 radical (unpaired) electrons. The minimum atomic E-state index is 0.224. The summed E-state index contributed by atoms with van der Waals surface area (Å²) < 4.78 is 5.76. The highest BCUT2D eigenvalue weighted by Gasteiger charge is 2.19. The summed E-state index contributed by atoms with van der Waals surface area (Å²) >= 11 is 0. The summed E-state index contributed by atoms with van der Waals surface area (Å²) in [6.45, 7) is 5.02. The van der Waals surface area contributed by atoms with Crippen LogP contribution in [0.15, 0.2) is 48.5 Å². The van der Waals surface area contributed by atoms with Gasteiger partial charge in [-0.15, -0.1) is 0 Å². The van der Waals surface area contributed by atoms with E-state index < -0.39 is 0 Å². The van der Waals surface area contributed by atoms with Crippen LogP contribution in [-0.2, 0) is 13.0 Å². The third kappa shape index (κ3) is 2.86. The Kier molecular flexibility index (Phi) is 3.75. The molecule has 0 fully saturated rings. The van der Waals surface area contributed by atoms with Crippen LogP contribution in [0.5, 0.6) is 5.75 Å². The standard InChI is InChI=1S/C18H21NO/c1-13(2)20-17-9-8-15-11-18(19-12-16(15)10-17)14-6-4-3-5-7-14/h3-10,13,18-19H,11-12H2,1-2H3. The number of nitrogens with one attached hydrogen (secondary N) is 1. The fourth-order valence-electron chi connectivity index (χ4n) is 2.76. The van der Waals surface area contributed by atoms with Gasteiger partial charge in [0.2, 0.25) is 0 Å². The molecule has 2 aromatic carbocycles. The van der Waals surface area contributed by atoms with Crippen LogP contribution < -0.4 is 10.1 Å². The molecule has 0 amide bonds. The van der Waals surface area contributed by atoms with E-state index in [1.807, 2.05) is 0 Å². The largest absolute Gasteiger partial charge is 0.491 e. The smallest absolute Gasteiger partial charge is 0.120 e. The van der Waals surface area contributed by atoms with E-state index in [2.05, 4.69) is 67.7 Å². The minimum absolute atomic E-state index is 0.224. The zero-order valence-corrected chi connectivity index (χ0v) is 12.1. The molecule has 1 atom stereocenters. The van der Waals surface area contributed by atoms with Crippen molar-refractivity contribution in [1.29, 1.82) is 0 Å². The zero-order valence-electron chi connectivity index (χ0n) is 12.1. The van der Waals surface area contributed by atoms with Gasteiger partial charge in [0.1, 0.15) is 5.75 Å². The van der Waals surface area contributed by atoms with Gasteiger partial charge < -0.3 is 10.1 Å². The van der Waals surface area contributed by atoms with Gasteiger partial charge in [-0.3, -0.25) is 0 Å². The third-order valence-electron chi connectivity index (χ3n) is 3.71. The fourth-order valence-corrected chi connectivity index (χ4v) is 2.76. The first-order valence-electron chi connectivity index (χ1n) is 7.29. The Bertz CT molecular complexity index is 577. The number of rotatable bonds is 3. The normalized spacial score (nSPS) is 17.9. The first-order chi connectivity index (χ1) is 9.72. The molecule has 0 bridgehead atoms. The molecule has 0 saturated carbocycles. The second-order valence-electron chi connectivity index (χ2n) is 5.65. The van der Waals surface area contributed by atoms with Crippen LogP contribution in [-0.4, -0.2) is 6.10 Å². The van der Waals surface area contributed by atoms with Gasteiger partial charge in [-0.05, 0) is 49.1 Å². The fraction of sp³-hybridized carbons (Fsp3) is 0.333. The molecule has 1 unspecified atom stereocenters. The summed E-state index contributed by atoms with van der Waals surface area (Å²) in [6.07, 6.45) is 1.27. The van der Waals surface area contributed by atoms with Crippen molar-refractivity contribution >= 4 is 0 Å². The number of benzene rings is 2. The summed E-state index contributed by atoms with van der Waals surface area (Å²) in [7, 11) is 0. The van der Waals surface area contributed by atoms with Crippen molar-refractivity contribution in [2.75, 3.05) is 0 Å². The SMILES string of the molecule is CC(C)Oc1ccc2c(c1)CNC(c1ccccc1)C2. The van der Waals surface area contributed by atoms with Crippen LogP contribution in [0.25, 0.3) is 0 Å². The third-order valence-corrected chi connectivity index (χ3v) is 3.71. The van der Waals surface area contributed by atoms with Crippen LogP contribution in [0.3, 0.4) is 0 Å². The lowest BCUT2D eigenvalue weighted by Crippen LogP contribution is -2.28. The molecule has 0 aromatic heterocycles. The first-order valence-corrected chi connectivity index (χ1v) is 7.29. The molecule has 0 aliphatic carbocycles. The van der Waals surface area contributed by atoms with Gasteiger partial charge in [-0.25, -0.2) is 0 Å². The lowest BCUT2D eigenvalue weighted by Gasteiger charge is -2.27. The van der Waals surface area contributed by atoms with Crippen molar-refractivity contribution in [1.82, 2.24) is 5.32 Å². The lowest BCUT2D eigenvalue weighted by atomic mass is 9.91. The molecule has 2 nitrogen and oxygen atoms in total. The van der Waals surface area contributed by atoms with Crippen LogP contribution in [0.1, 0.15) is 36.6 Å². The lowest BCUT2D eigenvalue weighted by molar-refractivity contribution is 0.242. The zero-order chi connectivity index (χ0) is 13.9. The quantitative estimate of drug-likeness (QED) is 0.911. The molecule has 3 rings (SSSR count). The van der Waals surface area contributed by atoms with E-state index in [4.69, 9.17) is 4.74 Å². The van der Waals surface area contributed by atoms with Gasteiger partial charge in [0, 0.05) is 12.6 Å². The molecule has 2 heteroatoms. The van der Waals surface area contributed by atoms with E-state index in [-0.39, 0.29) is 6.10 Å². The van der Waals surface area contributed by atoms with Gasteiger partial charge in [0.25, 0.3) is 0 Å². The highest BCUT2D eigenvalue weighted by Crippen LogP contribution is 2.28. The highest BCUT2D eigenvalue weighted by atomic mass is 16.5.